The Morgan fingerprint density at radius 3 is 2.17 bits per heavy atom. The zero-order chi connectivity index (χ0) is 30.8. The van der Waals surface area contributed by atoms with Gasteiger partial charge in [-0.2, -0.15) is 11.8 Å². The fraction of sp³-hybridized carbons (Fsp3) is 0.871. The molecule has 9 heteroatoms. The van der Waals surface area contributed by atoms with E-state index in [0.717, 1.165) is 30.8 Å². The third-order valence-corrected chi connectivity index (χ3v) is 20.3. The van der Waals surface area contributed by atoms with Gasteiger partial charge in [0.05, 0.1) is 30.3 Å². The third-order valence-electron chi connectivity index (χ3n) is 8.82. The summed E-state index contributed by atoms with van der Waals surface area (Å²) in [6.07, 6.45) is 10.5. The number of Topliss-reactive ketones (excluding diaryl/α,β-unsaturated/α-hetero) is 1. The molecular weight excluding hydrogens is 573 g/mol. The molecule has 0 N–H and O–H groups in total. The Bertz CT molecular complexity index is 818. The van der Waals surface area contributed by atoms with Crippen molar-refractivity contribution in [2.24, 2.45) is 5.92 Å². The second-order valence-corrected chi connectivity index (χ2v) is 26.1. The summed E-state index contributed by atoms with van der Waals surface area (Å²) in [6.45, 7) is 25.1. The maximum absolute atomic E-state index is 13.4. The fourth-order valence-electron chi connectivity index (χ4n) is 4.15. The van der Waals surface area contributed by atoms with Crippen molar-refractivity contribution in [2.75, 3.05) is 24.4 Å². The lowest BCUT2D eigenvalue weighted by molar-refractivity contribution is -0.137. The van der Waals surface area contributed by atoms with Crippen LogP contribution in [0.5, 0.6) is 0 Å². The van der Waals surface area contributed by atoms with E-state index in [1.807, 2.05) is 0 Å². The number of ketones is 1. The van der Waals surface area contributed by atoms with Gasteiger partial charge in [-0.15, -0.1) is 11.8 Å². The smallest absolute Gasteiger partial charge is 0.315 e. The number of carbonyl (C=O) groups excluding carboxylic acids is 2. The maximum atomic E-state index is 13.4. The largest absolute Gasteiger partial charge is 0.468 e. The van der Waals surface area contributed by atoms with Crippen LogP contribution in [0.3, 0.4) is 0 Å². The van der Waals surface area contributed by atoms with E-state index in [1.165, 1.54) is 20.0 Å². The minimum atomic E-state index is -2.05. The molecule has 0 spiro atoms. The van der Waals surface area contributed by atoms with Crippen LogP contribution < -0.4 is 0 Å². The first-order valence-corrected chi connectivity index (χ1v) is 23.2. The van der Waals surface area contributed by atoms with E-state index in [9.17, 15) is 9.59 Å². The number of carbonyl (C=O) groups is 2. The number of hydrogen-bond donors (Lipinski definition) is 0. The molecule has 1 rings (SSSR count). The van der Waals surface area contributed by atoms with Crippen molar-refractivity contribution >= 4 is 51.9 Å². The Balaban J connectivity index is 3.14. The van der Waals surface area contributed by atoms with Gasteiger partial charge in [0.15, 0.2) is 16.6 Å². The predicted molar refractivity (Wildman–Crippen MR) is 181 cm³/mol. The molecule has 0 unspecified atom stereocenters. The van der Waals surface area contributed by atoms with Gasteiger partial charge in [-0.3, -0.25) is 9.59 Å². The number of esters is 1. The molecule has 0 amide bonds. The second kappa shape index (κ2) is 16.7. The van der Waals surface area contributed by atoms with Crippen molar-refractivity contribution in [1.29, 1.82) is 0 Å². The normalized spacial score (nSPS) is 21.8. The molecule has 0 aromatic heterocycles. The van der Waals surface area contributed by atoms with Gasteiger partial charge in [-0.1, -0.05) is 79.9 Å². The molecule has 4 atom stereocenters. The number of methoxy groups -OCH3 is 1. The highest BCUT2D eigenvalue weighted by Gasteiger charge is 2.47. The molecule has 1 saturated carbocycles. The lowest BCUT2D eigenvalue weighted by Crippen LogP contribution is -2.45. The number of hydrogen-bond acceptors (Lipinski definition) is 7. The Kier molecular flexibility index (Phi) is 15.8. The Morgan fingerprint density at radius 2 is 1.62 bits per heavy atom. The molecular formula is C31H60O5S2Si2. The van der Waals surface area contributed by atoms with Gasteiger partial charge >= 0.3 is 5.97 Å². The summed E-state index contributed by atoms with van der Waals surface area (Å²) >= 11 is 3.36. The van der Waals surface area contributed by atoms with E-state index in [2.05, 4.69) is 86.8 Å². The van der Waals surface area contributed by atoms with Gasteiger partial charge in [0.25, 0.3) is 0 Å². The fourth-order valence-corrected chi connectivity index (χ4v) is 9.10. The van der Waals surface area contributed by atoms with Crippen LogP contribution in [0.4, 0.5) is 0 Å². The van der Waals surface area contributed by atoms with Crippen molar-refractivity contribution in [3.63, 3.8) is 0 Å². The van der Waals surface area contributed by atoms with Gasteiger partial charge in [-0.25, -0.2) is 0 Å². The summed E-state index contributed by atoms with van der Waals surface area (Å²) in [6, 6.07) is 0. The summed E-state index contributed by atoms with van der Waals surface area (Å²) in [5.41, 5.74) is 0. The van der Waals surface area contributed by atoms with Crippen molar-refractivity contribution in [3.8, 4) is 0 Å². The topological polar surface area (TPSA) is 61.8 Å². The first kappa shape index (κ1) is 38.0. The van der Waals surface area contributed by atoms with Crippen LogP contribution in [0, 0.1) is 5.92 Å². The lowest BCUT2D eigenvalue weighted by Gasteiger charge is -2.40. The van der Waals surface area contributed by atoms with Crippen molar-refractivity contribution in [3.05, 3.63) is 12.2 Å². The van der Waals surface area contributed by atoms with E-state index >= 15 is 0 Å². The second-order valence-electron chi connectivity index (χ2n) is 14.2. The molecule has 40 heavy (non-hydrogen) atoms. The number of thioether (sulfide) groups is 2. The predicted octanol–water partition coefficient (Wildman–Crippen LogP) is 8.89. The van der Waals surface area contributed by atoms with E-state index < -0.39 is 16.6 Å². The van der Waals surface area contributed by atoms with Crippen molar-refractivity contribution in [1.82, 2.24) is 0 Å². The van der Waals surface area contributed by atoms with Crippen LogP contribution in [0.2, 0.25) is 36.3 Å². The van der Waals surface area contributed by atoms with Crippen molar-refractivity contribution < 1.29 is 23.2 Å². The Hall–Kier alpha value is -0.0662. The van der Waals surface area contributed by atoms with Crippen molar-refractivity contribution in [2.45, 2.75) is 141 Å². The van der Waals surface area contributed by atoms with Crippen LogP contribution in [-0.2, 0) is 23.2 Å². The third kappa shape index (κ3) is 12.3. The molecule has 0 aliphatic heterocycles. The molecule has 1 aliphatic rings. The standard InChI is InChI=1S/C31H60O5S2Si2/c1-13-14-15-17-24(35-39(9,10)30(2,3)4)18-19-25-27(36-40(11,12)31(5,6)7)22-26(32)29(25)38-21-16-20-37-23-28(33)34-8/h18-19,24-25,27,29H,13-17,20-23H2,1-12H3/b19-18+/t24-,25-,27+,29+/m0/s1. The minimum Gasteiger partial charge on any atom is -0.468 e. The molecule has 0 radical (unpaired) electrons. The maximum Gasteiger partial charge on any atom is 0.315 e. The van der Waals surface area contributed by atoms with Crippen LogP contribution >= 0.6 is 23.5 Å². The highest BCUT2D eigenvalue weighted by atomic mass is 32.2. The van der Waals surface area contributed by atoms with Crippen LogP contribution in [0.25, 0.3) is 0 Å². The quantitative estimate of drug-likeness (QED) is 0.0687. The van der Waals surface area contributed by atoms with E-state index in [1.54, 1.807) is 23.5 Å². The SMILES string of the molecule is CCCCC[C@@H](/C=C/[C@H]1[C@H](O[Si](C)(C)C(C)(C)C)CC(=O)[C@@H]1SCCCSCC(=O)OC)O[Si](C)(C)C(C)(C)C. The molecule has 234 valence electrons. The number of ether oxygens (including phenoxy) is 1. The molecule has 0 bridgehead atoms. The molecule has 5 nitrogen and oxygen atoms in total. The number of rotatable bonds is 17. The molecule has 1 fully saturated rings. The Morgan fingerprint density at radius 1 is 1.00 bits per heavy atom. The average molecular weight is 633 g/mol. The zero-order valence-electron chi connectivity index (χ0n) is 27.7. The van der Waals surface area contributed by atoms with Gasteiger partial charge in [-0.05, 0) is 60.6 Å². The van der Waals surface area contributed by atoms with Crippen LogP contribution in [0.15, 0.2) is 12.2 Å². The van der Waals surface area contributed by atoms with E-state index in [-0.39, 0.29) is 39.4 Å². The average Bonchev–Trinajstić information content (AvgIpc) is 3.10. The monoisotopic (exact) mass is 632 g/mol. The van der Waals surface area contributed by atoms with Gasteiger partial charge < -0.3 is 13.6 Å². The summed E-state index contributed by atoms with van der Waals surface area (Å²) in [7, 11) is -2.57. The summed E-state index contributed by atoms with van der Waals surface area (Å²) < 4.78 is 18.5. The van der Waals surface area contributed by atoms with Gasteiger partial charge in [0.1, 0.15) is 5.78 Å². The van der Waals surface area contributed by atoms with Gasteiger partial charge in [0.2, 0.25) is 0 Å². The summed E-state index contributed by atoms with van der Waals surface area (Å²) in [5.74, 6) is 2.32. The lowest BCUT2D eigenvalue weighted by atomic mass is 10.0. The molecule has 0 aromatic carbocycles. The minimum absolute atomic E-state index is 0.0473. The highest BCUT2D eigenvalue weighted by Crippen LogP contribution is 2.43. The van der Waals surface area contributed by atoms with E-state index in [0.29, 0.717) is 18.0 Å². The summed E-state index contributed by atoms with van der Waals surface area (Å²) in [4.78, 5) is 24.8. The van der Waals surface area contributed by atoms with E-state index in [4.69, 9.17) is 13.6 Å². The summed E-state index contributed by atoms with van der Waals surface area (Å²) in [5, 5.41) is 0.132. The molecule has 0 heterocycles. The highest BCUT2D eigenvalue weighted by molar-refractivity contribution is 8.01. The first-order valence-electron chi connectivity index (χ1n) is 15.2. The zero-order valence-corrected chi connectivity index (χ0v) is 31.3. The molecule has 0 aromatic rings. The number of unbranched alkanes of at least 4 members (excludes halogenated alkanes) is 2. The molecule has 1 aliphatic carbocycles. The van der Waals surface area contributed by atoms with Crippen LogP contribution in [0.1, 0.15) is 87.0 Å². The van der Waals surface area contributed by atoms with Crippen LogP contribution in [-0.4, -0.2) is 70.2 Å². The van der Waals surface area contributed by atoms with Gasteiger partial charge in [0, 0.05) is 12.3 Å². The Labute approximate surface area is 257 Å². The molecule has 0 saturated heterocycles. The first-order chi connectivity index (χ1) is 18.4.